The molecular weight excluding hydrogens is 475 g/mol. The fourth-order valence-electron chi connectivity index (χ4n) is 3.08. The van der Waals surface area contributed by atoms with Crippen molar-refractivity contribution in [3.8, 4) is 0 Å². The molecule has 0 spiro atoms. The highest BCUT2D eigenvalue weighted by Crippen LogP contribution is 2.42. The highest BCUT2D eigenvalue weighted by molar-refractivity contribution is 6.34. The number of aromatic nitrogens is 2. The van der Waals surface area contributed by atoms with E-state index in [1.165, 1.54) is 0 Å². The third kappa shape index (κ3) is 4.59. The Hall–Kier alpha value is -3.03. The lowest BCUT2D eigenvalue weighted by Gasteiger charge is -2.36. The lowest BCUT2D eigenvalue weighted by Crippen LogP contribution is -2.46. The molecule has 2 atom stereocenters. The number of anilines is 1. The van der Waals surface area contributed by atoms with Crippen LogP contribution in [0.25, 0.3) is 0 Å². The molecule has 1 amide bonds. The average Bonchev–Trinajstić information content (AvgIpc) is 3.05. The number of hydrogen-bond donors (Lipinski definition) is 2. The first-order valence-corrected chi connectivity index (χ1v) is 9.01. The number of alkyl halides is 5. The van der Waals surface area contributed by atoms with Gasteiger partial charge in [-0.3, -0.25) is 4.79 Å². The predicted octanol–water partition coefficient (Wildman–Crippen LogP) is 4.34. The van der Waals surface area contributed by atoms with E-state index in [0.717, 1.165) is 13.0 Å². The van der Waals surface area contributed by atoms with Crippen LogP contribution in [0.1, 0.15) is 35.9 Å². The first-order chi connectivity index (χ1) is 14.7. The summed E-state index contributed by atoms with van der Waals surface area (Å²) >= 11 is 5.69. The highest BCUT2D eigenvalue weighted by Gasteiger charge is 2.50. The van der Waals surface area contributed by atoms with Gasteiger partial charge in [-0.15, -0.1) is 0 Å². The number of nitrogens with zero attached hydrogens (tertiary/aromatic N) is 3. The zero-order chi connectivity index (χ0) is 24.0. The predicted molar refractivity (Wildman–Crippen MR) is 97.3 cm³/mol. The number of ether oxygens (including phenoxy) is 1. The van der Waals surface area contributed by atoms with Crippen molar-refractivity contribution in [2.24, 2.45) is 10.7 Å². The summed E-state index contributed by atoms with van der Waals surface area (Å²) in [5, 5.41) is 4.93. The van der Waals surface area contributed by atoms with E-state index in [9.17, 15) is 35.5 Å². The maximum absolute atomic E-state index is 14.5. The van der Waals surface area contributed by atoms with Crippen molar-refractivity contribution in [2.75, 3.05) is 5.32 Å². The van der Waals surface area contributed by atoms with Gasteiger partial charge >= 0.3 is 12.7 Å². The van der Waals surface area contributed by atoms with Gasteiger partial charge in [0, 0.05) is 23.7 Å². The molecule has 2 heterocycles. The van der Waals surface area contributed by atoms with E-state index >= 15 is 0 Å². The van der Waals surface area contributed by atoms with Crippen LogP contribution in [0.2, 0.25) is 5.02 Å². The largest absolute Gasteiger partial charge is 0.452 e. The van der Waals surface area contributed by atoms with Gasteiger partial charge in [-0.2, -0.15) is 27.1 Å². The summed E-state index contributed by atoms with van der Waals surface area (Å²) < 4.78 is 98.2. The Morgan fingerprint density at radius 1 is 1.38 bits per heavy atom. The third-order valence-corrected chi connectivity index (χ3v) is 4.81. The Labute approximate surface area is 180 Å². The van der Waals surface area contributed by atoms with Crippen LogP contribution in [0.4, 0.5) is 36.4 Å². The van der Waals surface area contributed by atoms with Crippen molar-refractivity contribution < 1.29 is 40.3 Å². The van der Waals surface area contributed by atoms with Crippen molar-refractivity contribution in [3.63, 3.8) is 0 Å². The zero-order valence-corrected chi connectivity index (χ0v) is 16.6. The minimum Gasteiger partial charge on any atom is -0.452 e. The maximum atomic E-state index is 14.5. The standard InChI is InChI=1S/C17H13ClF7N5O2/c1-16(4-10(17(23,24)25)32-15(26)28-16)7-2-6(3-9(19)11(7)20)27-13(31)12-8(18)5-30(29-12)14(21)22/h2-3,5,10,14H,4H2,1H3,(H2,26,28)(H,27,31). The molecule has 15 heteroatoms. The summed E-state index contributed by atoms with van der Waals surface area (Å²) in [7, 11) is 0. The SMILES string of the molecule is CC1(c2cc(NC(=O)c3nn(C(F)F)cc3Cl)cc(F)c2F)CC(C(F)(F)F)OC(N)=N1. The number of amides is 1. The molecule has 0 bridgehead atoms. The van der Waals surface area contributed by atoms with Crippen molar-refractivity contribution in [1.82, 2.24) is 9.78 Å². The van der Waals surface area contributed by atoms with Crippen LogP contribution in [-0.2, 0) is 10.3 Å². The number of hydrogen-bond acceptors (Lipinski definition) is 5. The lowest BCUT2D eigenvalue weighted by molar-refractivity contribution is -0.208. The Morgan fingerprint density at radius 2 is 2.03 bits per heavy atom. The Balaban J connectivity index is 1.98. The molecule has 2 aromatic rings. The van der Waals surface area contributed by atoms with Gasteiger partial charge in [0.2, 0.25) is 0 Å². The third-order valence-electron chi connectivity index (χ3n) is 4.54. The first kappa shape index (κ1) is 23.6. The summed E-state index contributed by atoms with van der Waals surface area (Å²) in [5.41, 5.74) is 1.59. The fourth-order valence-corrected chi connectivity index (χ4v) is 3.31. The van der Waals surface area contributed by atoms with Crippen LogP contribution in [0.15, 0.2) is 23.3 Å². The zero-order valence-electron chi connectivity index (χ0n) is 15.9. The smallest absolute Gasteiger partial charge is 0.425 e. The molecule has 1 aliphatic heterocycles. The van der Waals surface area contributed by atoms with E-state index in [1.54, 1.807) is 0 Å². The number of carbonyl (C=O) groups is 1. The van der Waals surface area contributed by atoms with Gasteiger partial charge in [0.1, 0.15) is 0 Å². The van der Waals surface area contributed by atoms with E-state index in [1.807, 2.05) is 0 Å². The number of amidine groups is 1. The number of benzene rings is 1. The van der Waals surface area contributed by atoms with Gasteiger partial charge < -0.3 is 15.8 Å². The number of halogens is 8. The molecular formula is C17H13ClF7N5O2. The molecule has 32 heavy (non-hydrogen) atoms. The molecule has 3 N–H and O–H groups in total. The molecule has 0 saturated heterocycles. The van der Waals surface area contributed by atoms with Crippen molar-refractivity contribution >= 4 is 29.2 Å². The van der Waals surface area contributed by atoms with Gasteiger partial charge in [-0.25, -0.2) is 18.5 Å². The molecule has 3 rings (SSSR count). The van der Waals surface area contributed by atoms with E-state index in [0.29, 0.717) is 12.3 Å². The monoisotopic (exact) mass is 487 g/mol. The maximum Gasteiger partial charge on any atom is 0.425 e. The van der Waals surface area contributed by atoms with Gasteiger partial charge in [0.05, 0.1) is 16.8 Å². The van der Waals surface area contributed by atoms with Crippen molar-refractivity contribution in [1.29, 1.82) is 0 Å². The van der Waals surface area contributed by atoms with Crippen molar-refractivity contribution in [3.05, 3.63) is 46.2 Å². The molecule has 2 unspecified atom stereocenters. The summed E-state index contributed by atoms with van der Waals surface area (Å²) in [5.74, 6) is -4.20. The van der Waals surface area contributed by atoms with Crippen LogP contribution < -0.4 is 11.1 Å². The van der Waals surface area contributed by atoms with Gasteiger partial charge in [0.25, 0.3) is 11.9 Å². The van der Waals surface area contributed by atoms with Crippen LogP contribution in [0.3, 0.4) is 0 Å². The number of aliphatic imine (C=N–C) groups is 1. The summed E-state index contributed by atoms with van der Waals surface area (Å²) in [6.45, 7) is -2.02. The van der Waals surface area contributed by atoms with E-state index in [2.05, 4.69) is 20.1 Å². The van der Waals surface area contributed by atoms with E-state index < -0.39 is 76.3 Å². The second-order valence-electron chi connectivity index (χ2n) is 6.93. The fraction of sp³-hybridized carbons (Fsp3) is 0.353. The van der Waals surface area contributed by atoms with Crippen LogP contribution in [-0.4, -0.2) is 34.0 Å². The lowest BCUT2D eigenvalue weighted by atomic mass is 9.85. The van der Waals surface area contributed by atoms with Gasteiger partial charge in [-0.1, -0.05) is 11.6 Å². The quantitative estimate of drug-likeness (QED) is 0.627. The number of rotatable bonds is 4. The molecule has 0 saturated carbocycles. The molecule has 1 aliphatic rings. The molecule has 174 valence electrons. The number of carbonyl (C=O) groups excluding carboxylic acids is 1. The summed E-state index contributed by atoms with van der Waals surface area (Å²) in [6, 6.07) is 0.481. The van der Waals surface area contributed by atoms with E-state index in [4.69, 9.17) is 17.3 Å². The minimum absolute atomic E-state index is 0.103. The number of nitrogens with two attached hydrogens (primary N) is 1. The Bertz CT molecular complexity index is 1090. The molecule has 0 radical (unpaired) electrons. The Kier molecular flexibility index (Phi) is 6.02. The average molecular weight is 488 g/mol. The Morgan fingerprint density at radius 3 is 2.59 bits per heavy atom. The van der Waals surface area contributed by atoms with Crippen LogP contribution in [0.5, 0.6) is 0 Å². The topological polar surface area (TPSA) is 94.5 Å². The highest BCUT2D eigenvalue weighted by atomic mass is 35.5. The molecule has 7 nitrogen and oxygen atoms in total. The first-order valence-electron chi connectivity index (χ1n) is 8.63. The molecule has 1 aromatic carbocycles. The second kappa shape index (κ2) is 8.15. The van der Waals surface area contributed by atoms with Crippen molar-refractivity contribution in [2.45, 2.75) is 37.7 Å². The van der Waals surface area contributed by atoms with Gasteiger partial charge in [-0.05, 0) is 13.0 Å². The van der Waals surface area contributed by atoms with Crippen LogP contribution in [0, 0.1) is 11.6 Å². The molecule has 0 fully saturated rings. The molecule has 0 aliphatic carbocycles. The summed E-state index contributed by atoms with van der Waals surface area (Å²) in [6.07, 6.45) is -7.57. The number of nitrogens with one attached hydrogen (secondary N) is 1. The minimum atomic E-state index is -4.87. The normalized spacial score (nSPS) is 21.3. The molecule has 1 aromatic heterocycles. The van der Waals surface area contributed by atoms with E-state index in [-0.39, 0.29) is 4.68 Å². The van der Waals surface area contributed by atoms with Crippen LogP contribution >= 0.6 is 11.6 Å². The second-order valence-corrected chi connectivity index (χ2v) is 7.34. The van der Waals surface area contributed by atoms with Gasteiger partial charge in [0.15, 0.2) is 23.4 Å². The summed E-state index contributed by atoms with van der Waals surface area (Å²) in [4.78, 5) is 16.0.